The molecule has 20 heteroatoms. The Labute approximate surface area is 325 Å². The Morgan fingerprint density at radius 3 is 2.00 bits per heavy atom. The molecule has 56 heavy (non-hydrogen) atoms. The van der Waals surface area contributed by atoms with E-state index in [1.54, 1.807) is 48.5 Å². The van der Waals surface area contributed by atoms with Crippen LogP contribution in [0.25, 0.3) is 22.4 Å². The monoisotopic (exact) mass is 793 g/mol. The van der Waals surface area contributed by atoms with E-state index < -0.39 is 71.9 Å². The molecule has 0 aliphatic heterocycles. The minimum absolute atomic E-state index is 0.0498. The summed E-state index contributed by atoms with van der Waals surface area (Å²) in [6, 6.07) is 12.6. The Kier molecular flexibility index (Phi) is 15.5. The molecule has 298 valence electrons. The van der Waals surface area contributed by atoms with Crippen molar-refractivity contribution in [3.63, 3.8) is 0 Å². The van der Waals surface area contributed by atoms with E-state index in [4.69, 9.17) is 39.0 Å². The van der Waals surface area contributed by atoms with Crippen LogP contribution in [-0.4, -0.2) is 100 Å². The number of carbonyl (C=O) groups is 6. The maximum atomic E-state index is 13.2. The summed E-state index contributed by atoms with van der Waals surface area (Å²) in [5, 5.41) is 22.7. The summed E-state index contributed by atoms with van der Waals surface area (Å²) >= 11 is 5.96. The van der Waals surface area contributed by atoms with E-state index in [1.165, 1.54) is 13.1 Å². The molecule has 0 radical (unpaired) electrons. The van der Waals surface area contributed by atoms with Crippen LogP contribution in [0.3, 0.4) is 0 Å². The van der Waals surface area contributed by atoms with Crippen LogP contribution >= 0.6 is 11.6 Å². The lowest BCUT2D eigenvalue weighted by molar-refractivity contribution is -0.135. The smallest absolute Gasteiger partial charge is 0.269 e. The first-order valence-electron chi connectivity index (χ1n) is 17.5. The fourth-order valence-electron chi connectivity index (χ4n) is 5.25. The Bertz CT molecular complexity index is 1980. The molecular weight excluding hydrogens is 750 g/mol. The Morgan fingerprint density at radius 2 is 1.39 bits per heavy atom. The number of nitrogens with two attached hydrogens (primary N) is 4. The van der Waals surface area contributed by atoms with Gasteiger partial charge in [0.15, 0.2) is 6.17 Å². The van der Waals surface area contributed by atoms with Gasteiger partial charge in [-0.25, -0.2) is 9.97 Å². The van der Waals surface area contributed by atoms with Gasteiger partial charge in [0.25, 0.3) is 23.5 Å². The summed E-state index contributed by atoms with van der Waals surface area (Å²) in [5.74, 6) is -5.74. The zero-order chi connectivity index (χ0) is 40.9. The molecule has 2 heterocycles. The first-order valence-corrected chi connectivity index (χ1v) is 17.8. The van der Waals surface area contributed by atoms with E-state index in [-0.39, 0.29) is 30.1 Å². The van der Waals surface area contributed by atoms with Gasteiger partial charge in [0.1, 0.15) is 29.8 Å². The lowest BCUT2D eigenvalue weighted by Crippen LogP contribution is -2.63. The lowest BCUT2D eigenvalue weighted by Gasteiger charge is -2.26. The van der Waals surface area contributed by atoms with E-state index >= 15 is 0 Å². The van der Waals surface area contributed by atoms with Gasteiger partial charge in [0, 0.05) is 23.3 Å². The van der Waals surface area contributed by atoms with E-state index in [9.17, 15) is 33.9 Å². The van der Waals surface area contributed by atoms with Crippen molar-refractivity contribution >= 4 is 58.2 Å². The molecule has 0 aliphatic carbocycles. The quantitative estimate of drug-likeness (QED) is 0.0302. The van der Waals surface area contributed by atoms with Crippen molar-refractivity contribution in [3.05, 3.63) is 83.3 Å². The molecule has 0 spiro atoms. The van der Waals surface area contributed by atoms with Gasteiger partial charge in [-0.15, -0.1) is 0 Å². The summed E-state index contributed by atoms with van der Waals surface area (Å²) in [6.07, 6.45) is -2.55. The summed E-state index contributed by atoms with van der Waals surface area (Å²) in [7, 11) is 0. The number of aliphatic hydroxyl groups is 1. The molecule has 14 N–H and O–H groups in total. The van der Waals surface area contributed by atoms with Crippen LogP contribution in [0.2, 0.25) is 5.02 Å². The van der Waals surface area contributed by atoms with Crippen LogP contribution in [0.4, 0.5) is 0 Å². The largest absolute Gasteiger partial charge is 0.414 e. The molecule has 0 bridgehead atoms. The Balaban J connectivity index is 1.34. The van der Waals surface area contributed by atoms with Gasteiger partial charge in [-0.1, -0.05) is 35.9 Å². The van der Waals surface area contributed by atoms with Gasteiger partial charge in [0.05, 0.1) is 6.10 Å². The van der Waals surface area contributed by atoms with Crippen molar-refractivity contribution in [3.8, 4) is 11.1 Å². The minimum Gasteiger partial charge on any atom is -0.414 e. The fraction of sp³-hybridized carbons (Fsp3) is 0.333. The topological polar surface area (TPSA) is 326 Å². The zero-order valence-corrected chi connectivity index (χ0v) is 31.0. The van der Waals surface area contributed by atoms with Crippen LogP contribution in [0.15, 0.2) is 71.3 Å². The first kappa shape index (κ1) is 42.9. The molecule has 4 rings (SSSR count). The fourth-order valence-corrected chi connectivity index (χ4v) is 5.37. The van der Waals surface area contributed by atoms with Crippen LogP contribution in [0, 0.1) is 0 Å². The number of nitrogens with zero attached hydrogens (tertiary/aromatic N) is 2. The zero-order valence-electron chi connectivity index (χ0n) is 30.2. The maximum absolute atomic E-state index is 13.2. The Hall–Kier alpha value is -5.83. The molecule has 0 aliphatic rings. The number of pyridine rings is 1. The van der Waals surface area contributed by atoms with Gasteiger partial charge in [0.2, 0.25) is 23.4 Å². The standard InChI is InChI=1S/C36H44ClN11O8/c1-18(49)26(46-32(53)25(17-39)44-30(51)21-9-7-19(8-10-21)20-11-13-22(37)14-12-20)33(54)48-29(41)34(55)43-23(5-2-3-15-38)31(52)47-28(40)27(50)36-45-24-6-4-16-42-35(24)56-36/h4,6-14,16,18,23,25-26,28-29,49H,2-3,5,15,17,38-41H2,1H3,(H,43,55)(H,44,51)(H,46,53)(H,47,52)(H,48,54)/t18-,23+,25+,26+,28-,29-/m1/s1. The number of hydrogen-bond acceptors (Lipinski definition) is 14. The second-order valence-electron chi connectivity index (χ2n) is 12.6. The molecule has 0 saturated heterocycles. The molecular formula is C36H44ClN11O8. The molecule has 6 atom stereocenters. The number of halogens is 1. The van der Waals surface area contributed by atoms with E-state index in [0.717, 1.165) is 11.1 Å². The van der Waals surface area contributed by atoms with Crippen molar-refractivity contribution in [2.75, 3.05) is 13.1 Å². The molecule has 2 aromatic carbocycles. The van der Waals surface area contributed by atoms with Gasteiger partial charge in [-0.3, -0.25) is 28.8 Å². The summed E-state index contributed by atoms with van der Waals surface area (Å²) in [5.41, 5.74) is 25.5. The highest BCUT2D eigenvalue weighted by Gasteiger charge is 2.33. The van der Waals surface area contributed by atoms with E-state index in [1.807, 2.05) is 12.1 Å². The maximum Gasteiger partial charge on any atom is 0.269 e. The van der Waals surface area contributed by atoms with Crippen LogP contribution in [-0.2, 0) is 19.2 Å². The second kappa shape index (κ2) is 20.2. The lowest BCUT2D eigenvalue weighted by atomic mass is 10.0. The number of amides is 5. The summed E-state index contributed by atoms with van der Waals surface area (Å²) < 4.78 is 5.32. The van der Waals surface area contributed by atoms with Gasteiger partial charge in [-0.05, 0) is 80.3 Å². The molecule has 5 amide bonds. The number of hydrogen-bond donors (Lipinski definition) is 10. The van der Waals surface area contributed by atoms with Gasteiger partial charge >= 0.3 is 0 Å². The van der Waals surface area contributed by atoms with Crippen LogP contribution < -0.4 is 49.5 Å². The number of carbonyl (C=O) groups excluding carboxylic acids is 6. The summed E-state index contributed by atoms with van der Waals surface area (Å²) in [4.78, 5) is 86.4. The number of ketones is 1. The van der Waals surface area contributed by atoms with Crippen molar-refractivity contribution in [1.29, 1.82) is 0 Å². The average Bonchev–Trinajstić information content (AvgIpc) is 3.62. The van der Waals surface area contributed by atoms with Crippen LogP contribution in [0.5, 0.6) is 0 Å². The van der Waals surface area contributed by atoms with Crippen molar-refractivity contribution in [2.24, 2.45) is 22.9 Å². The van der Waals surface area contributed by atoms with Crippen molar-refractivity contribution < 1.29 is 38.3 Å². The molecule has 19 nitrogen and oxygen atoms in total. The highest BCUT2D eigenvalue weighted by atomic mass is 35.5. The molecule has 4 aromatic rings. The van der Waals surface area contributed by atoms with Gasteiger partial charge in [-0.2, -0.15) is 0 Å². The number of Topliss-reactive ketones (excluding diaryl/α,β-unsaturated/α-hetero) is 1. The number of oxazole rings is 1. The predicted octanol–water partition coefficient (Wildman–Crippen LogP) is -1.24. The van der Waals surface area contributed by atoms with E-state index in [2.05, 4.69) is 36.6 Å². The van der Waals surface area contributed by atoms with E-state index in [0.29, 0.717) is 29.9 Å². The SMILES string of the molecule is C[C@@H](O)[C@H](NC(=O)[C@H](CN)NC(=O)c1ccc(-c2ccc(Cl)cc2)cc1)C(=O)N[C@@H](N)C(=O)N[C@@H](CCCCN)C(=O)N[C@@H](N)C(=O)c1nc2cccnc2o1. The Morgan fingerprint density at radius 1 is 0.768 bits per heavy atom. The third kappa shape index (κ3) is 11.6. The summed E-state index contributed by atoms with van der Waals surface area (Å²) in [6.45, 7) is 1.13. The highest BCUT2D eigenvalue weighted by molar-refractivity contribution is 6.30. The number of benzene rings is 2. The highest BCUT2D eigenvalue weighted by Crippen LogP contribution is 2.22. The molecule has 2 aromatic heterocycles. The van der Waals surface area contributed by atoms with Crippen molar-refractivity contribution in [1.82, 2.24) is 36.6 Å². The normalized spacial score (nSPS) is 14.3. The third-order valence-corrected chi connectivity index (χ3v) is 8.61. The van der Waals surface area contributed by atoms with Gasteiger partial charge < -0.3 is 59.0 Å². The number of rotatable bonds is 19. The number of nitrogens with one attached hydrogen (secondary N) is 5. The molecule has 0 unspecified atom stereocenters. The molecule has 0 fully saturated rings. The molecule has 0 saturated carbocycles. The second-order valence-corrected chi connectivity index (χ2v) is 13.0. The minimum atomic E-state index is -1.78. The third-order valence-electron chi connectivity index (χ3n) is 8.36. The predicted molar refractivity (Wildman–Crippen MR) is 204 cm³/mol. The van der Waals surface area contributed by atoms with Crippen molar-refractivity contribution in [2.45, 2.75) is 62.7 Å². The number of fused-ring (bicyclic) bond motifs is 1. The number of aliphatic hydroxyl groups excluding tert-OH is 1. The van der Waals surface area contributed by atoms with Crippen LogP contribution in [0.1, 0.15) is 47.2 Å². The average molecular weight is 794 g/mol. The number of unbranched alkanes of at least 4 members (excludes halogenated alkanes) is 1. The number of aromatic nitrogens is 2. The first-order chi connectivity index (χ1) is 26.7.